The van der Waals surface area contributed by atoms with Gasteiger partial charge < -0.3 is 14.2 Å². The van der Waals surface area contributed by atoms with Gasteiger partial charge in [-0.2, -0.15) is 5.10 Å². The van der Waals surface area contributed by atoms with Crippen molar-refractivity contribution in [1.29, 1.82) is 0 Å². The van der Waals surface area contributed by atoms with E-state index in [1.807, 2.05) is 0 Å². The number of hydrogen-bond donors (Lipinski definition) is 1. The van der Waals surface area contributed by atoms with Crippen molar-refractivity contribution in [3.63, 3.8) is 0 Å². The van der Waals surface area contributed by atoms with Gasteiger partial charge in [-0.05, 0) is 19.3 Å². The third-order valence-electron chi connectivity index (χ3n) is 4.40. The summed E-state index contributed by atoms with van der Waals surface area (Å²) in [6, 6.07) is 1.77. The van der Waals surface area contributed by atoms with E-state index >= 15 is 0 Å². The number of H-pyrrole nitrogens is 1. The Labute approximate surface area is 139 Å². The molecule has 0 radical (unpaired) electrons. The van der Waals surface area contributed by atoms with Crippen molar-refractivity contribution in [1.82, 2.24) is 25.2 Å². The van der Waals surface area contributed by atoms with E-state index in [0.717, 1.165) is 37.3 Å². The van der Waals surface area contributed by atoms with Gasteiger partial charge in [0.15, 0.2) is 11.5 Å². The van der Waals surface area contributed by atoms with Gasteiger partial charge >= 0.3 is 0 Å². The van der Waals surface area contributed by atoms with Gasteiger partial charge in [0.2, 0.25) is 0 Å². The second-order valence-electron chi connectivity index (χ2n) is 6.39. The molecule has 1 amide bonds. The zero-order valence-corrected chi connectivity index (χ0v) is 13.7. The number of aryl methyl sites for hydroxylation is 1. The molecule has 1 atom stereocenters. The Bertz CT molecular complexity index is 721. The quantitative estimate of drug-likeness (QED) is 0.898. The van der Waals surface area contributed by atoms with Crippen LogP contribution >= 0.6 is 0 Å². The minimum atomic E-state index is -0.306. The molecule has 0 spiro atoms. The maximum atomic E-state index is 12.6. The fraction of sp³-hybridized carbons (Fsp3) is 0.625. The van der Waals surface area contributed by atoms with Crippen molar-refractivity contribution in [2.45, 2.75) is 44.6 Å². The highest BCUT2D eigenvalue weighted by atomic mass is 16.5. The zero-order valence-electron chi connectivity index (χ0n) is 13.7. The van der Waals surface area contributed by atoms with Crippen LogP contribution in [0.25, 0.3) is 0 Å². The molecule has 0 unspecified atom stereocenters. The molecule has 3 heterocycles. The summed E-state index contributed by atoms with van der Waals surface area (Å²) in [5, 5.41) is 11.1. The molecule has 1 saturated heterocycles. The minimum absolute atomic E-state index is 0.122. The van der Waals surface area contributed by atoms with Crippen LogP contribution in [0.1, 0.15) is 66.1 Å². The number of carbonyl (C=O) groups is 1. The topological polar surface area (TPSA) is 97.1 Å². The predicted octanol–water partition coefficient (Wildman–Crippen LogP) is 1.84. The van der Waals surface area contributed by atoms with Crippen molar-refractivity contribution in [3.05, 3.63) is 29.2 Å². The van der Waals surface area contributed by atoms with Crippen LogP contribution in [0.15, 0.2) is 10.6 Å². The Morgan fingerprint density at radius 1 is 1.46 bits per heavy atom. The first-order valence-electron chi connectivity index (χ1n) is 8.53. The second-order valence-corrected chi connectivity index (χ2v) is 6.39. The molecule has 8 nitrogen and oxygen atoms in total. The molecular formula is C16H21N5O3. The maximum Gasteiger partial charge on any atom is 0.276 e. The summed E-state index contributed by atoms with van der Waals surface area (Å²) in [5.41, 5.74) is 0.374. The molecule has 2 aromatic rings. The van der Waals surface area contributed by atoms with E-state index < -0.39 is 0 Å². The third-order valence-corrected chi connectivity index (χ3v) is 4.40. The number of amides is 1. The van der Waals surface area contributed by atoms with Crippen LogP contribution in [0.2, 0.25) is 0 Å². The Kier molecular flexibility index (Phi) is 4.05. The van der Waals surface area contributed by atoms with Crippen LogP contribution in [-0.2, 0) is 11.2 Å². The van der Waals surface area contributed by atoms with Crippen molar-refractivity contribution < 1.29 is 14.1 Å². The largest absolute Gasteiger partial charge is 0.366 e. The molecule has 1 N–H and O–H groups in total. The molecule has 4 rings (SSSR count). The van der Waals surface area contributed by atoms with Gasteiger partial charge in [-0.1, -0.05) is 12.1 Å². The molecule has 1 aliphatic carbocycles. The van der Waals surface area contributed by atoms with E-state index in [9.17, 15) is 4.79 Å². The molecule has 24 heavy (non-hydrogen) atoms. The highest BCUT2D eigenvalue weighted by Crippen LogP contribution is 2.40. The summed E-state index contributed by atoms with van der Waals surface area (Å²) in [7, 11) is 0. The van der Waals surface area contributed by atoms with E-state index in [1.54, 1.807) is 11.0 Å². The lowest BCUT2D eigenvalue weighted by Gasteiger charge is -2.31. The van der Waals surface area contributed by atoms with Crippen LogP contribution in [0.3, 0.4) is 0 Å². The summed E-state index contributed by atoms with van der Waals surface area (Å²) >= 11 is 0. The molecule has 1 saturated carbocycles. The smallest absolute Gasteiger partial charge is 0.276 e. The maximum absolute atomic E-state index is 12.6. The third kappa shape index (κ3) is 3.06. The number of aromatic nitrogens is 4. The van der Waals surface area contributed by atoms with Crippen molar-refractivity contribution in [2.24, 2.45) is 0 Å². The molecular weight excluding hydrogens is 310 g/mol. The molecule has 2 aliphatic rings. The second kappa shape index (κ2) is 6.35. The van der Waals surface area contributed by atoms with Crippen LogP contribution < -0.4 is 0 Å². The first-order valence-corrected chi connectivity index (χ1v) is 8.53. The number of ether oxygens (including phenoxy) is 1. The number of nitrogens with one attached hydrogen (secondary N) is 1. The van der Waals surface area contributed by atoms with E-state index in [2.05, 4.69) is 27.3 Å². The number of nitrogens with zero attached hydrogens (tertiary/aromatic N) is 4. The van der Waals surface area contributed by atoms with E-state index in [-0.39, 0.29) is 12.0 Å². The summed E-state index contributed by atoms with van der Waals surface area (Å²) in [6.07, 6.45) is 3.78. The van der Waals surface area contributed by atoms with Gasteiger partial charge in [0.1, 0.15) is 17.7 Å². The van der Waals surface area contributed by atoms with Gasteiger partial charge in [0, 0.05) is 24.9 Å². The van der Waals surface area contributed by atoms with Gasteiger partial charge in [0.05, 0.1) is 13.2 Å². The molecule has 0 bridgehead atoms. The SMILES string of the molecule is CCCc1nc([C@@H]2CN(C(=O)c3cc(C4CC4)on3)CCO2)n[nH]1. The monoisotopic (exact) mass is 331 g/mol. The summed E-state index contributed by atoms with van der Waals surface area (Å²) in [6.45, 7) is 3.51. The standard InChI is InChI=1S/C16H21N5O3/c1-2-3-14-17-15(19-18-14)13-9-21(6-7-23-13)16(22)11-8-12(24-20-11)10-4-5-10/h8,10,13H,2-7,9H2,1H3,(H,17,18,19)/t13-/m0/s1. The fourth-order valence-corrected chi connectivity index (χ4v) is 2.90. The minimum Gasteiger partial charge on any atom is -0.366 e. The average molecular weight is 331 g/mol. The summed E-state index contributed by atoms with van der Waals surface area (Å²) < 4.78 is 11.0. The van der Waals surface area contributed by atoms with Gasteiger partial charge in [0.25, 0.3) is 5.91 Å². The molecule has 0 aromatic carbocycles. The van der Waals surface area contributed by atoms with Gasteiger partial charge in [-0.15, -0.1) is 0 Å². The van der Waals surface area contributed by atoms with Crippen molar-refractivity contribution >= 4 is 5.91 Å². The molecule has 128 valence electrons. The van der Waals surface area contributed by atoms with E-state index in [0.29, 0.717) is 37.1 Å². The van der Waals surface area contributed by atoms with E-state index in [1.165, 1.54) is 0 Å². The van der Waals surface area contributed by atoms with E-state index in [4.69, 9.17) is 9.26 Å². The van der Waals surface area contributed by atoms with Gasteiger partial charge in [-0.25, -0.2) is 4.98 Å². The first-order chi connectivity index (χ1) is 11.7. The Balaban J connectivity index is 1.44. The highest BCUT2D eigenvalue weighted by molar-refractivity contribution is 5.92. The van der Waals surface area contributed by atoms with Crippen LogP contribution in [0.4, 0.5) is 0 Å². The average Bonchev–Trinajstić information content (AvgIpc) is 3.15. The number of carbonyl (C=O) groups excluding carboxylic acids is 1. The molecule has 8 heteroatoms. The Morgan fingerprint density at radius 2 is 2.33 bits per heavy atom. The number of morpholine rings is 1. The molecule has 2 fully saturated rings. The van der Waals surface area contributed by atoms with Crippen LogP contribution in [0, 0.1) is 0 Å². The van der Waals surface area contributed by atoms with Crippen LogP contribution in [-0.4, -0.2) is 50.8 Å². The lowest BCUT2D eigenvalue weighted by Crippen LogP contribution is -2.42. The Hall–Kier alpha value is -2.22. The lowest BCUT2D eigenvalue weighted by molar-refractivity contribution is -0.0269. The lowest BCUT2D eigenvalue weighted by atomic mass is 10.2. The summed E-state index contributed by atoms with van der Waals surface area (Å²) in [5.74, 6) is 2.60. The summed E-state index contributed by atoms with van der Waals surface area (Å²) in [4.78, 5) is 18.8. The van der Waals surface area contributed by atoms with Crippen LogP contribution in [0.5, 0.6) is 0 Å². The fourth-order valence-electron chi connectivity index (χ4n) is 2.90. The first kappa shape index (κ1) is 15.3. The van der Waals surface area contributed by atoms with Crippen molar-refractivity contribution in [3.8, 4) is 0 Å². The zero-order chi connectivity index (χ0) is 16.5. The number of hydrogen-bond acceptors (Lipinski definition) is 6. The predicted molar refractivity (Wildman–Crippen MR) is 83.5 cm³/mol. The molecule has 2 aromatic heterocycles. The number of rotatable bonds is 5. The normalized spacial score (nSPS) is 21.2. The Morgan fingerprint density at radius 3 is 3.12 bits per heavy atom. The number of aromatic amines is 1. The molecule has 1 aliphatic heterocycles. The van der Waals surface area contributed by atoms with Gasteiger partial charge in [-0.3, -0.25) is 9.89 Å². The van der Waals surface area contributed by atoms with Crippen molar-refractivity contribution in [2.75, 3.05) is 19.7 Å². The highest BCUT2D eigenvalue weighted by Gasteiger charge is 2.32.